The van der Waals surface area contributed by atoms with Crippen molar-refractivity contribution >= 4 is 34.8 Å². The molecular formula is C17H14ClNO3. The van der Waals surface area contributed by atoms with Gasteiger partial charge >= 0.3 is 0 Å². The number of hydrogen-bond acceptors (Lipinski definition) is 3. The van der Waals surface area contributed by atoms with E-state index in [0.29, 0.717) is 27.8 Å². The number of halogens is 1. The zero-order chi connectivity index (χ0) is 15.7. The smallest absolute Gasteiger partial charge is 0.256 e. The maximum absolute atomic E-state index is 12.2. The lowest BCUT2D eigenvalue weighted by atomic mass is 10.0. The van der Waals surface area contributed by atoms with Gasteiger partial charge in [0.15, 0.2) is 11.5 Å². The van der Waals surface area contributed by atoms with Gasteiger partial charge in [-0.05, 0) is 24.3 Å². The van der Waals surface area contributed by atoms with Gasteiger partial charge in [-0.1, -0.05) is 29.8 Å². The van der Waals surface area contributed by atoms with E-state index in [4.69, 9.17) is 21.1 Å². The van der Waals surface area contributed by atoms with E-state index in [-0.39, 0.29) is 5.91 Å². The first-order chi connectivity index (χ1) is 10.6. The largest absolute Gasteiger partial charge is 0.493 e. The van der Waals surface area contributed by atoms with Crippen LogP contribution in [-0.2, 0) is 4.79 Å². The highest BCUT2D eigenvalue weighted by Gasteiger charge is 2.24. The number of ether oxygens (including phenoxy) is 2. The molecule has 0 fully saturated rings. The van der Waals surface area contributed by atoms with Gasteiger partial charge in [0, 0.05) is 21.7 Å². The monoisotopic (exact) mass is 315 g/mol. The van der Waals surface area contributed by atoms with Crippen molar-refractivity contribution in [3.63, 3.8) is 0 Å². The normalized spacial score (nSPS) is 14.7. The number of carbonyl (C=O) groups excluding carboxylic acids is 1. The van der Waals surface area contributed by atoms with Crippen molar-refractivity contribution in [3.8, 4) is 11.5 Å². The third kappa shape index (κ3) is 2.42. The second-order valence-corrected chi connectivity index (χ2v) is 5.22. The maximum atomic E-state index is 12.2. The molecule has 0 saturated heterocycles. The van der Waals surface area contributed by atoms with E-state index < -0.39 is 0 Å². The van der Waals surface area contributed by atoms with E-state index in [9.17, 15) is 4.79 Å². The molecule has 1 N–H and O–H groups in total. The van der Waals surface area contributed by atoms with E-state index in [0.717, 1.165) is 11.1 Å². The lowest BCUT2D eigenvalue weighted by Gasteiger charge is -2.10. The third-order valence-electron chi connectivity index (χ3n) is 3.50. The van der Waals surface area contributed by atoms with Gasteiger partial charge in [-0.25, -0.2) is 0 Å². The molecule has 1 aliphatic rings. The van der Waals surface area contributed by atoms with Crippen LogP contribution in [0.4, 0.5) is 5.69 Å². The Balaban J connectivity index is 2.13. The maximum Gasteiger partial charge on any atom is 0.256 e. The Kier molecular flexibility index (Phi) is 3.77. The molecule has 4 nitrogen and oxygen atoms in total. The molecule has 0 bridgehead atoms. The van der Waals surface area contributed by atoms with Crippen LogP contribution in [0.5, 0.6) is 11.5 Å². The molecule has 0 spiro atoms. The number of para-hydroxylation sites is 1. The van der Waals surface area contributed by atoms with Crippen LogP contribution in [0.3, 0.4) is 0 Å². The first-order valence-electron chi connectivity index (χ1n) is 6.68. The Bertz CT molecular complexity index is 783. The van der Waals surface area contributed by atoms with Crippen molar-refractivity contribution in [2.45, 2.75) is 0 Å². The molecule has 5 heteroatoms. The van der Waals surface area contributed by atoms with Crippen LogP contribution >= 0.6 is 11.6 Å². The van der Waals surface area contributed by atoms with Gasteiger partial charge in [-0.15, -0.1) is 0 Å². The Hall–Kier alpha value is -2.46. The van der Waals surface area contributed by atoms with Gasteiger partial charge in [-0.3, -0.25) is 4.79 Å². The first-order valence-corrected chi connectivity index (χ1v) is 7.06. The number of anilines is 1. The van der Waals surface area contributed by atoms with Crippen LogP contribution in [0, 0.1) is 0 Å². The molecule has 3 rings (SSSR count). The SMILES string of the molecule is COc1cccc(/C=C2/C(=O)Nc3cc(Cl)ccc32)c1OC. The Labute approximate surface area is 133 Å². The van der Waals surface area contributed by atoms with Crippen molar-refractivity contribution in [2.24, 2.45) is 0 Å². The zero-order valence-electron chi connectivity index (χ0n) is 12.1. The highest BCUT2D eigenvalue weighted by Crippen LogP contribution is 2.38. The summed E-state index contributed by atoms with van der Waals surface area (Å²) in [7, 11) is 3.15. The van der Waals surface area contributed by atoms with Gasteiger partial charge in [0.1, 0.15) is 0 Å². The fourth-order valence-corrected chi connectivity index (χ4v) is 2.66. The minimum atomic E-state index is -0.165. The van der Waals surface area contributed by atoms with Gasteiger partial charge < -0.3 is 14.8 Å². The number of benzene rings is 2. The molecule has 22 heavy (non-hydrogen) atoms. The number of methoxy groups -OCH3 is 2. The summed E-state index contributed by atoms with van der Waals surface area (Å²) in [4.78, 5) is 12.2. The standard InChI is InChI=1S/C17H14ClNO3/c1-21-15-5-3-4-10(16(15)22-2)8-13-12-7-6-11(18)9-14(12)19-17(13)20/h3-9H,1-2H3,(H,19,20)/b13-8+. The number of hydrogen-bond donors (Lipinski definition) is 1. The molecular weight excluding hydrogens is 302 g/mol. The molecule has 1 heterocycles. The van der Waals surface area contributed by atoms with Crippen LogP contribution in [0.25, 0.3) is 11.6 Å². The molecule has 2 aromatic rings. The molecule has 2 aromatic carbocycles. The number of carbonyl (C=O) groups is 1. The van der Waals surface area contributed by atoms with E-state index in [2.05, 4.69) is 5.32 Å². The second kappa shape index (κ2) is 5.73. The lowest BCUT2D eigenvalue weighted by molar-refractivity contribution is -0.110. The number of fused-ring (bicyclic) bond motifs is 1. The summed E-state index contributed by atoms with van der Waals surface area (Å²) in [5, 5.41) is 3.39. The van der Waals surface area contributed by atoms with Gasteiger partial charge in [0.05, 0.1) is 19.9 Å². The van der Waals surface area contributed by atoms with Gasteiger partial charge in [0.25, 0.3) is 5.91 Å². The minimum absolute atomic E-state index is 0.165. The summed E-state index contributed by atoms with van der Waals surface area (Å²) < 4.78 is 10.7. The van der Waals surface area contributed by atoms with Crippen molar-refractivity contribution in [2.75, 3.05) is 19.5 Å². The predicted molar refractivity (Wildman–Crippen MR) is 87.5 cm³/mol. The second-order valence-electron chi connectivity index (χ2n) is 4.78. The molecule has 1 amide bonds. The highest BCUT2D eigenvalue weighted by molar-refractivity contribution is 6.36. The highest BCUT2D eigenvalue weighted by atomic mass is 35.5. The third-order valence-corrected chi connectivity index (χ3v) is 3.73. The molecule has 0 unspecified atom stereocenters. The number of rotatable bonds is 3. The van der Waals surface area contributed by atoms with E-state index in [1.54, 1.807) is 32.4 Å². The van der Waals surface area contributed by atoms with Crippen LogP contribution in [0.2, 0.25) is 5.02 Å². The first kappa shape index (κ1) is 14.5. The molecule has 112 valence electrons. The molecule has 0 aromatic heterocycles. The Morgan fingerprint density at radius 2 is 1.95 bits per heavy atom. The molecule has 0 radical (unpaired) electrons. The summed E-state index contributed by atoms with van der Waals surface area (Å²) in [5.74, 6) is 1.04. The average molecular weight is 316 g/mol. The van der Waals surface area contributed by atoms with Crippen molar-refractivity contribution < 1.29 is 14.3 Å². The number of amides is 1. The fourth-order valence-electron chi connectivity index (χ4n) is 2.49. The van der Waals surface area contributed by atoms with E-state index >= 15 is 0 Å². The molecule has 1 aliphatic heterocycles. The number of nitrogens with one attached hydrogen (secondary N) is 1. The minimum Gasteiger partial charge on any atom is -0.493 e. The Morgan fingerprint density at radius 3 is 2.68 bits per heavy atom. The van der Waals surface area contributed by atoms with Crippen molar-refractivity contribution in [1.82, 2.24) is 0 Å². The summed E-state index contributed by atoms with van der Waals surface area (Å²) in [6, 6.07) is 10.9. The fraction of sp³-hybridized carbons (Fsp3) is 0.118. The topological polar surface area (TPSA) is 47.6 Å². The van der Waals surface area contributed by atoms with Crippen molar-refractivity contribution in [3.05, 3.63) is 52.5 Å². The summed E-state index contributed by atoms with van der Waals surface area (Å²) in [6.45, 7) is 0. The molecule has 0 saturated carbocycles. The van der Waals surface area contributed by atoms with Crippen LogP contribution in [-0.4, -0.2) is 20.1 Å². The van der Waals surface area contributed by atoms with E-state index in [1.165, 1.54) is 0 Å². The van der Waals surface area contributed by atoms with Crippen LogP contribution in [0.1, 0.15) is 11.1 Å². The molecule has 0 atom stereocenters. The lowest BCUT2D eigenvalue weighted by Crippen LogP contribution is -2.03. The van der Waals surface area contributed by atoms with Crippen LogP contribution < -0.4 is 14.8 Å². The summed E-state index contributed by atoms with van der Waals surface area (Å²) in [6.07, 6.45) is 1.79. The quantitative estimate of drug-likeness (QED) is 0.875. The Morgan fingerprint density at radius 1 is 1.14 bits per heavy atom. The molecule has 0 aliphatic carbocycles. The zero-order valence-corrected chi connectivity index (χ0v) is 12.9. The van der Waals surface area contributed by atoms with Crippen molar-refractivity contribution in [1.29, 1.82) is 0 Å². The average Bonchev–Trinajstić information content (AvgIpc) is 2.82. The summed E-state index contributed by atoms with van der Waals surface area (Å²) in [5.41, 5.74) is 2.87. The predicted octanol–water partition coefficient (Wildman–Crippen LogP) is 3.85. The van der Waals surface area contributed by atoms with Crippen LogP contribution in [0.15, 0.2) is 36.4 Å². The van der Waals surface area contributed by atoms with E-state index in [1.807, 2.05) is 24.3 Å². The van der Waals surface area contributed by atoms with Gasteiger partial charge in [-0.2, -0.15) is 0 Å². The summed E-state index contributed by atoms with van der Waals surface area (Å²) >= 11 is 5.96. The van der Waals surface area contributed by atoms with Gasteiger partial charge in [0.2, 0.25) is 0 Å².